The molecule has 3 N–H and O–H groups in total. The number of ether oxygens (including phenoxy) is 1. The third-order valence-corrected chi connectivity index (χ3v) is 3.29. The van der Waals surface area contributed by atoms with Crippen LogP contribution in [-0.2, 0) is 0 Å². The van der Waals surface area contributed by atoms with Crippen molar-refractivity contribution < 1.29 is 24.9 Å². The molecule has 5 heteroatoms. The Morgan fingerprint density at radius 3 is 2.30 bits per heavy atom. The number of carbonyl (C=O) groups excluding carboxylic acids is 1. The van der Waals surface area contributed by atoms with Gasteiger partial charge in [-0.05, 0) is 29.8 Å². The summed E-state index contributed by atoms with van der Waals surface area (Å²) in [6.07, 6.45) is -0.488. The first-order chi connectivity index (χ1) is 9.56. The van der Waals surface area contributed by atoms with E-state index in [2.05, 4.69) is 0 Å². The van der Waals surface area contributed by atoms with Gasteiger partial charge < -0.3 is 20.1 Å². The van der Waals surface area contributed by atoms with Gasteiger partial charge in [-0.3, -0.25) is 4.79 Å². The van der Waals surface area contributed by atoms with Crippen molar-refractivity contribution in [3.8, 4) is 23.0 Å². The van der Waals surface area contributed by atoms with Crippen LogP contribution in [0.4, 0.5) is 0 Å². The van der Waals surface area contributed by atoms with Gasteiger partial charge in [0.15, 0.2) is 17.3 Å². The smallest absolute Gasteiger partial charge is 0.176 e. The predicted octanol–water partition coefficient (Wildman–Crippen LogP) is 2.51. The van der Waals surface area contributed by atoms with Crippen LogP contribution in [0.5, 0.6) is 23.0 Å². The van der Waals surface area contributed by atoms with Crippen LogP contribution in [0, 0.1) is 0 Å². The molecule has 0 amide bonds. The zero-order chi connectivity index (χ0) is 14.3. The molecule has 2 aromatic rings. The van der Waals surface area contributed by atoms with Crippen LogP contribution in [0.3, 0.4) is 0 Å². The topological polar surface area (TPSA) is 87.0 Å². The van der Waals surface area contributed by atoms with E-state index < -0.39 is 6.10 Å². The van der Waals surface area contributed by atoms with Crippen molar-refractivity contribution in [3.05, 3.63) is 47.5 Å². The predicted molar refractivity (Wildman–Crippen MR) is 70.2 cm³/mol. The van der Waals surface area contributed by atoms with Gasteiger partial charge >= 0.3 is 0 Å². The molecule has 5 nitrogen and oxygen atoms in total. The lowest BCUT2D eigenvalue weighted by atomic mass is 9.95. The highest BCUT2D eigenvalue weighted by molar-refractivity contribution is 6.03. The van der Waals surface area contributed by atoms with Crippen LogP contribution in [0.1, 0.15) is 28.4 Å². The molecule has 3 rings (SSSR count). The standard InChI is InChI=1S/C15H12O5/c16-9-3-1-8(2-4-9)13-7-12(19)14-10(17)5-6-11(18)15(14)20-13/h1-6,13,16-18H,7H2/t13-/m0/s1. The van der Waals surface area contributed by atoms with E-state index in [0.29, 0.717) is 5.56 Å². The maximum absolute atomic E-state index is 12.1. The Bertz CT molecular complexity index is 675. The molecule has 0 saturated heterocycles. The number of phenols is 3. The normalized spacial score (nSPS) is 17.4. The summed E-state index contributed by atoms with van der Waals surface area (Å²) in [7, 11) is 0. The van der Waals surface area contributed by atoms with Crippen molar-refractivity contribution in [1.29, 1.82) is 0 Å². The Hall–Kier alpha value is -2.69. The molecular formula is C15H12O5. The first-order valence-corrected chi connectivity index (χ1v) is 6.10. The fourth-order valence-electron chi connectivity index (χ4n) is 2.28. The number of aromatic hydroxyl groups is 3. The summed E-state index contributed by atoms with van der Waals surface area (Å²) in [5, 5.41) is 28.7. The number of benzene rings is 2. The maximum atomic E-state index is 12.1. The highest BCUT2D eigenvalue weighted by Crippen LogP contribution is 2.44. The van der Waals surface area contributed by atoms with Gasteiger partial charge in [0.05, 0.1) is 6.42 Å². The van der Waals surface area contributed by atoms with Crippen molar-refractivity contribution in [2.75, 3.05) is 0 Å². The minimum absolute atomic E-state index is 0.000625. The summed E-state index contributed by atoms with van der Waals surface area (Å²) in [4.78, 5) is 12.1. The van der Waals surface area contributed by atoms with Gasteiger partial charge in [0.25, 0.3) is 0 Å². The fraction of sp³-hybridized carbons (Fsp3) is 0.133. The van der Waals surface area contributed by atoms with Gasteiger partial charge in [0.2, 0.25) is 0 Å². The van der Waals surface area contributed by atoms with Gasteiger partial charge in [-0.15, -0.1) is 0 Å². The Morgan fingerprint density at radius 2 is 1.60 bits per heavy atom. The van der Waals surface area contributed by atoms with Gasteiger partial charge in [-0.2, -0.15) is 0 Å². The molecular weight excluding hydrogens is 260 g/mol. The molecule has 20 heavy (non-hydrogen) atoms. The zero-order valence-electron chi connectivity index (χ0n) is 10.4. The molecule has 1 aliphatic heterocycles. The maximum Gasteiger partial charge on any atom is 0.176 e. The molecule has 0 bridgehead atoms. The molecule has 2 aromatic carbocycles. The van der Waals surface area contributed by atoms with Crippen molar-refractivity contribution in [3.63, 3.8) is 0 Å². The van der Waals surface area contributed by atoms with E-state index in [0.717, 1.165) is 0 Å². The lowest BCUT2D eigenvalue weighted by molar-refractivity contribution is 0.0837. The highest BCUT2D eigenvalue weighted by Gasteiger charge is 2.32. The fourth-order valence-corrected chi connectivity index (χ4v) is 2.28. The second kappa shape index (κ2) is 4.45. The van der Waals surface area contributed by atoms with E-state index in [1.165, 1.54) is 24.3 Å². The second-order valence-electron chi connectivity index (χ2n) is 4.63. The summed E-state index contributed by atoms with van der Waals surface area (Å²) < 4.78 is 5.63. The van der Waals surface area contributed by atoms with Crippen LogP contribution in [0.15, 0.2) is 36.4 Å². The Morgan fingerprint density at radius 1 is 0.950 bits per heavy atom. The third-order valence-electron chi connectivity index (χ3n) is 3.29. The molecule has 0 unspecified atom stereocenters. The molecule has 1 aliphatic rings. The number of rotatable bonds is 1. The van der Waals surface area contributed by atoms with Crippen LogP contribution in [0.2, 0.25) is 0 Å². The Kier molecular flexibility index (Phi) is 2.75. The molecule has 1 heterocycles. The van der Waals surface area contributed by atoms with Crippen LogP contribution >= 0.6 is 0 Å². The summed E-state index contributed by atoms with van der Waals surface area (Å²) in [5.74, 6) is -0.560. The minimum Gasteiger partial charge on any atom is -0.508 e. The van der Waals surface area contributed by atoms with Crippen molar-refractivity contribution in [2.45, 2.75) is 12.5 Å². The van der Waals surface area contributed by atoms with Gasteiger partial charge in [-0.1, -0.05) is 12.1 Å². The van der Waals surface area contributed by atoms with E-state index in [1.807, 2.05) is 0 Å². The summed E-state index contributed by atoms with van der Waals surface area (Å²) in [6.45, 7) is 0. The lowest BCUT2D eigenvalue weighted by Crippen LogP contribution is -2.20. The average molecular weight is 272 g/mol. The molecule has 0 spiro atoms. The van der Waals surface area contributed by atoms with E-state index in [9.17, 15) is 20.1 Å². The van der Waals surface area contributed by atoms with Crippen molar-refractivity contribution in [1.82, 2.24) is 0 Å². The molecule has 1 atom stereocenters. The molecule has 0 fully saturated rings. The number of ketones is 1. The van der Waals surface area contributed by atoms with E-state index >= 15 is 0 Å². The SMILES string of the molecule is O=C1C[C@@H](c2ccc(O)cc2)Oc2c(O)ccc(O)c21. The van der Waals surface area contributed by atoms with Crippen molar-refractivity contribution in [2.24, 2.45) is 0 Å². The Balaban J connectivity index is 2.02. The Labute approximate surface area is 114 Å². The number of hydrogen-bond acceptors (Lipinski definition) is 5. The largest absolute Gasteiger partial charge is 0.508 e. The highest BCUT2D eigenvalue weighted by atomic mass is 16.5. The van der Waals surface area contributed by atoms with Gasteiger partial charge in [-0.25, -0.2) is 0 Å². The van der Waals surface area contributed by atoms with Crippen molar-refractivity contribution >= 4 is 5.78 Å². The quantitative estimate of drug-likeness (QED) is 0.694. The summed E-state index contributed by atoms with van der Waals surface area (Å²) >= 11 is 0. The van der Waals surface area contributed by atoms with Gasteiger partial charge in [0, 0.05) is 0 Å². The number of carbonyl (C=O) groups is 1. The number of Topliss-reactive ketones (excluding diaryl/α,β-unsaturated/α-hetero) is 1. The molecule has 0 radical (unpaired) electrons. The third kappa shape index (κ3) is 1.93. The van der Waals surface area contributed by atoms with Crippen LogP contribution in [0.25, 0.3) is 0 Å². The monoisotopic (exact) mass is 272 g/mol. The van der Waals surface area contributed by atoms with Gasteiger partial charge in [0.1, 0.15) is 23.2 Å². The summed E-state index contributed by atoms with van der Waals surface area (Å²) in [6, 6.07) is 8.84. The second-order valence-corrected chi connectivity index (χ2v) is 4.63. The van der Waals surface area contributed by atoms with Crippen LogP contribution < -0.4 is 4.74 Å². The minimum atomic E-state index is -0.553. The first-order valence-electron chi connectivity index (χ1n) is 6.10. The number of phenolic OH excluding ortho intramolecular Hbond substituents is 3. The molecule has 0 aliphatic carbocycles. The first kappa shape index (κ1) is 12.3. The average Bonchev–Trinajstić information content (AvgIpc) is 2.43. The van der Waals surface area contributed by atoms with Crippen LogP contribution in [-0.4, -0.2) is 21.1 Å². The molecule has 102 valence electrons. The number of hydrogen-bond donors (Lipinski definition) is 3. The van der Waals surface area contributed by atoms with E-state index in [-0.39, 0.29) is 40.8 Å². The van der Waals surface area contributed by atoms with E-state index in [4.69, 9.17) is 4.74 Å². The number of fused-ring (bicyclic) bond motifs is 1. The molecule has 0 aromatic heterocycles. The van der Waals surface area contributed by atoms with E-state index in [1.54, 1.807) is 12.1 Å². The molecule has 0 saturated carbocycles. The lowest BCUT2D eigenvalue weighted by Gasteiger charge is -2.26. The zero-order valence-corrected chi connectivity index (χ0v) is 10.4. The summed E-state index contributed by atoms with van der Waals surface area (Å²) in [5.41, 5.74) is 0.726.